The van der Waals surface area contributed by atoms with Crippen LogP contribution < -0.4 is 5.73 Å². The summed E-state index contributed by atoms with van der Waals surface area (Å²) in [6.07, 6.45) is 2.97. The summed E-state index contributed by atoms with van der Waals surface area (Å²) in [7, 11) is 1.96. The summed E-state index contributed by atoms with van der Waals surface area (Å²) < 4.78 is 3.97. The second-order valence-electron chi connectivity index (χ2n) is 5.00. The zero-order chi connectivity index (χ0) is 14.1. The number of anilines is 1. The molecule has 0 saturated heterocycles. The molecule has 3 aromatic heterocycles. The number of nitrogen functional groups attached to an aromatic ring is 1. The minimum atomic E-state index is 0.584. The highest BCUT2D eigenvalue weighted by atomic mass is 32.1. The van der Waals surface area contributed by atoms with E-state index in [1.165, 1.54) is 5.56 Å². The molecule has 0 spiro atoms. The van der Waals surface area contributed by atoms with Gasteiger partial charge in [-0.1, -0.05) is 13.3 Å². The van der Waals surface area contributed by atoms with Crippen molar-refractivity contribution in [2.75, 3.05) is 5.73 Å². The van der Waals surface area contributed by atoms with Crippen molar-refractivity contribution in [3.8, 4) is 0 Å². The van der Waals surface area contributed by atoms with E-state index in [0.717, 1.165) is 42.7 Å². The molecule has 5 nitrogen and oxygen atoms in total. The summed E-state index contributed by atoms with van der Waals surface area (Å²) in [5.74, 6) is 0.584. The lowest BCUT2D eigenvalue weighted by atomic mass is 10.2. The van der Waals surface area contributed by atoms with Gasteiger partial charge in [-0.3, -0.25) is 9.25 Å². The van der Waals surface area contributed by atoms with Gasteiger partial charge in [0.25, 0.3) is 0 Å². The second-order valence-corrected chi connectivity index (χ2v) is 5.78. The number of nitrogens with zero attached hydrogens (tertiary/aromatic N) is 4. The Hall–Kier alpha value is -1.82. The number of hydrogen-bond acceptors (Lipinski definition) is 4. The largest absolute Gasteiger partial charge is 0.369 e. The van der Waals surface area contributed by atoms with E-state index in [0.29, 0.717) is 5.95 Å². The maximum Gasteiger partial charge on any atom is 0.202 e. The van der Waals surface area contributed by atoms with Gasteiger partial charge in [-0.2, -0.15) is 16.4 Å². The molecule has 0 unspecified atom stereocenters. The number of nitrogens with two attached hydrogens (primary N) is 1. The average Bonchev–Trinajstić information content (AvgIpc) is 3.08. The van der Waals surface area contributed by atoms with E-state index >= 15 is 0 Å². The van der Waals surface area contributed by atoms with Crippen molar-refractivity contribution in [1.82, 2.24) is 19.3 Å². The van der Waals surface area contributed by atoms with E-state index in [4.69, 9.17) is 5.73 Å². The summed E-state index contributed by atoms with van der Waals surface area (Å²) >= 11 is 1.72. The van der Waals surface area contributed by atoms with E-state index < -0.39 is 0 Å². The Balaban J connectivity index is 1.95. The van der Waals surface area contributed by atoms with E-state index in [2.05, 4.69) is 38.4 Å². The average molecular weight is 289 g/mol. The van der Waals surface area contributed by atoms with Crippen LogP contribution in [0.5, 0.6) is 0 Å². The number of aryl methyl sites for hydroxylation is 4. The van der Waals surface area contributed by atoms with Gasteiger partial charge in [0.1, 0.15) is 5.52 Å². The van der Waals surface area contributed by atoms with Gasteiger partial charge >= 0.3 is 0 Å². The van der Waals surface area contributed by atoms with Crippen molar-refractivity contribution >= 4 is 28.4 Å². The minimum Gasteiger partial charge on any atom is -0.369 e. The Morgan fingerprint density at radius 1 is 1.35 bits per heavy atom. The van der Waals surface area contributed by atoms with Crippen LogP contribution in [0.1, 0.15) is 24.6 Å². The lowest BCUT2D eigenvalue weighted by molar-refractivity contribution is 0.674. The summed E-state index contributed by atoms with van der Waals surface area (Å²) in [6, 6.07) is 2.15. The molecule has 0 amide bonds. The summed E-state index contributed by atoms with van der Waals surface area (Å²) in [6.45, 7) is 2.99. The Labute approximate surface area is 122 Å². The lowest BCUT2D eigenvalue weighted by Gasteiger charge is -2.05. The Kier molecular flexibility index (Phi) is 3.48. The number of thiophene rings is 1. The third-order valence-electron chi connectivity index (χ3n) is 3.51. The van der Waals surface area contributed by atoms with Crippen molar-refractivity contribution in [3.05, 3.63) is 28.1 Å². The van der Waals surface area contributed by atoms with Gasteiger partial charge in [-0.15, -0.1) is 0 Å². The molecule has 0 atom stereocenters. The fourth-order valence-electron chi connectivity index (χ4n) is 2.56. The maximum absolute atomic E-state index is 6.08. The van der Waals surface area contributed by atoms with Crippen LogP contribution in [0.15, 0.2) is 16.8 Å². The van der Waals surface area contributed by atoms with Gasteiger partial charge in [0.2, 0.25) is 5.95 Å². The topological polar surface area (TPSA) is 61.7 Å². The molecule has 0 aliphatic carbocycles. The fourth-order valence-corrected chi connectivity index (χ4v) is 3.26. The second kappa shape index (κ2) is 5.28. The first-order valence-corrected chi connectivity index (χ1v) is 7.83. The first kappa shape index (κ1) is 13.2. The smallest absolute Gasteiger partial charge is 0.202 e. The van der Waals surface area contributed by atoms with Crippen molar-refractivity contribution in [1.29, 1.82) is 0 Å². The van der Waals surface area contributed by atoms with Crippen molar-refractivity contribution < 1.29 is 0 Å². The number of aromatic nitrogens is 4. The minimum absolute atomic E-state index is 0.584. The predicted octanol–water partition coefficient (Wildman–Crippen LogP) is 2.61. The van der Waals surface area contributed by atoms with Gasteiger partial charge in [-0.25, -0.2) is 4.98 Å². The van der Waals surface area contributed by atoms with E-state index in [-0.39, 0.29) is 0 Å². The monoisotopic (exact) mass is 289 g/mol. The maximum atomic E-state index is 6.08. The highest BCUT2D eigenvalue weighted by Gasteiger charge is 2.17. The summed E-state index contributed by atoms with van der Waals surface area (Å²) in [5.41, 5.74) is 10.5. The number of hydrogen-bond donors (Lipinski definition) is 1. The third-order valence-corrected chi connectivity index (χ3v) is 4.24. The van der Waals surface area contributed by atoms with Crippen LogP contribution in [0.2, 0.25) is 0 Å². The lowest BCUT2D eigenvalue weighted by Crippen LogP contribution is -2.08. The molecule has 0 saturated carbocycles. The molecule has 3 aromatic rings. The molecule has 3 rings (SSSR count). The standard InChI is InChI=1S/C14H19N5S/c1-3-4-11-12-13(18(2)17-11)19(14(15)16-12)7-5-10-6-8-20-9-10/h6,8-9H,3-5,7H2,1-2H3,(H2,15,16). The first-order chi connectivity index (χ1) is 9.70. The Morgan fingerprint density at radius 3 is 2.90 bits per heavy atom. The molecule has 0 bridgehead atoms. The summed E-state index contributed by atoms with van der Waals surface area (Å²) in [4.78, 5) is 4.51. The number of fused-ring (bicyclic) bond motifs is 1. The molecule has 6 heteroatoms. The SMILES string of the molecule is CCCc1nn(C)c2c1nc(N)n2CCc1ccsc1. The quantitative estimate of drug-likeness (QED) is 0.785. The van der Waals surface area contributed by atoms with Crippen molar-refractivity contribution in [2.45, 2.75) is 32.7 Å². The molecular weight excluding hydrogens is 270 g/mol. The third kappa shape index (κ3) is 2.20. The zero-order valence-corrected chi connectivity index (χ0v) is 12.7. The molecule has 0 aliphatic heterocycles. The molecule has 20 heavy (non-hydrogen) atoms. The van der Waals surface area contributed by atoms with Gasteiger partial charge < -0.3 is 5.73 Å². The van der Waals surface area contributed by atoms with E-state index in [9.17, 15) is 0 Å². The molecule has 106 valence electrons. The predicted molar refractivity (Wildman–Crippen MR) is 82.9 cm³/mol. The van der Waals surface area contributed by atoms with Crippen LogP contribution in [0, 0.1) is 0 Å². The summed E-state index contributed by atoms with van der Waals surface area (Å²) in [5, 5.41) is 8.85. The first-order valence-electron chi connectivity index (χ1n) is 6.89. The molecule has 0 radical (unpaired) electrons. The van der Waals surface area contributed by atoms with Crippen LogP contribution in [0.25, 0.3) is 11.2 Å². The van der Waals surface area contributed by atoms with Crippen LogP contribution in [0.3, 0.4) is 0 Å². The van der Waals surface area contributed by atoms with Crippen molar-refractivity contribution in [2.24, 2.45) is 7.05 Å². The highest BCUT2D eigenvalue weighted by Crippen LogP contribution is 2.22. The normalized spacial score (nSPS) is 11.5. The van der Waals surface area contributed by atoms with Gasteiger partial charge in [-0.05, 0) is 35.2 Å². The fraction of sp³-hybridized carbons (Fsp3) is 0.429. The highest BCUT2D eigenvalue weighted by molar-refractivity contribution is 7.07. The molecular formula is C14H19N5S. The van der Waals surface area contributed by atoms with E-state index in [1.54, 1.807) is 11.3 Å². The molecule has 2 N–H and O–H groups in total. The van der Waals surface area contributed by atoms with Gasteiger partial charge in [0, 0.05) is 13.6 Å². The molecule has 0 aliphatic rings. The van der Waals surface area contributed by atoms with Gasteiger partial charge in [0.05, 0.1) is 5.69 Å². The van der Waals surface area contributed by atoms with Gasteiger partial charge in [0.15, 0.2) is 5.65 Å². The molecule has 0 aromatic carbocycles. The van der Waals surface area contributed by atoms with Crippen LogP contribution in [-0.4, -0.2) is 19.3 Å². The zero-order valence-electron chi connectivity index (χ0n) is 11.8. The van der Waals surface area contributed by atoms with Crippen LogP contribution in [-0.2, 0) is 26.4 Å². The Bertz CT molecular complexity index is 708. The number of rotatable bonds is 5. The Morgan fingerprint density at radius 2 is 2.20 bits per heavy atom. The molecule has 0 fully saturated rings. The van der Waals surface area contributed by atoms with Crippen LogP contribution >= 0.6 is 11.3 Å². The van der Waals surface area contributed by atoms with Crippen molar-refractivity contribution in [3.63, 3.8) is 0 Å². The molecule has 3 heterocycles. The van der Waals surface area contributed by atoms with Crippen LogP contribution in [0.4, 0.5) is 5.95 Å². The number of imidazole rings is 1. The van der Waals surface area contributed by atoms with E-state index in [1.807, 2.05) is 11.7 Å².